The van der Waals surface area contributed by atoms with Gasteiger partial charge in [-0.1, -0.05) is 75.4 Å². The van der Waals surface area contributed by atoms with E-state index in [0.29, 0.717) is 36.6 Å². The number of anilines is 1. The van der Waals surface area contributed by atoms with Crippen molar-refractivity contribution < 1.29 is 23.9 Å². The van der Waals surface area contributed by atoms with Crippen molar-refractivity contribution in [3.63, 3.8) is 0 Å². The molecule has 6 aromatic rings. The van der Waals surface area contributed by atoms with E-state index in [2.05, 4.69) is 55.5 Å². The summed E-state index contributed by atoms with van der Waals surface area (Å²) in [5.41, 5.74) is 7.10. The Balaban J connectivity index is 1.09. The van der Waals surface area contributed by atoms with Crippen LogP contribution in [0.1, 0.15) is 62.3 Å². The smallest absolute Gasteiger partial charge is 0.409 e. The number of amides is 1. The summed E-state index contributed by atoms with van der Waals surface area (Å²) in [6, 6.07) is 28.5. The van der Waals surface area contributed by atoms with Gasteiger partial charge in [-0.15, -0.1) is 0 Å². The van der Waals surface area contributed by atoms with Gasteiger partial charge in [-0.3, -0.25) is 10.1 Å². The van der Waals surface area contributed by atoms with Crippen LogP contribution < -0.4 is 16.2 Å². The molecule has 1 unspecified atom stereocenters. The van der Waals surface area contributed by atoms with Gasteiger partial charge in [0.1, 0.15) is 11.3 Å². The fourth-order valence-corrected chi connectivity index (χ4v) is 7.58. The number of hydrogen-bond donors (Lipinski definition) is 5. The molecule has 53 heavy (non-hydrogen) atoms. The molecule has 4 aromatic carbocycles. The van der Waals surface area contributed by atoms with E-state index < -0.39 is 14.4 Å². The van der Waals surface area contributed by atoms with Gasteiger partial charge in [0.15, 0.2) is 19.8 Å². The number of oxazole rings is 1. The molecule has 5 N–H and O–H groups in total. The van der Waals surface area contributed by atoms with Crippen LogP contribution in [0.4, 0.5) is 10.5 Å². The Morgan fingerprint density at radius 3 is 2.45 bits per heavy atom. The van der Waals surface area contributed by atoms with Gasteiger partial charge in [0.25, 0.3) is 0 Å². The summed E-state index contributed by atoms with van der Waals surface area (Å²) in [6.07, 6.45) is 1.87. The second-order valence-corrected chi connectivity index (χ2v) is 19.8. The topological polar surface area (TPSA) is 150 Å². The molecule has 6 rings (SSSR count). The van der Waals surface area contributed by atoms with Crippen LogP contribution in [-0.2, 0) is 23.8 Å². The number of aromatic amines is 1. The number of aryl methyl sites for hydroxylation is 2. The number of phenolic OH excluding ortho intramolecular Hbond substituents is 1. The maximum atomic E-state index is 12.1. The second-order valence-electron chi connectivity index (χ2n) is 15.1. The third-order valence-electron chi connectivity index (χ3n) is 10.2. The zero-order chi connectivity index (χ0) is 37.8. The maximum Gasteiger partial charge on any atom is 0.409 e. The number of aromatic hydroxyl groups is 1. The minimum atomic E-state index is -2.20. The van der Waals surface area contributed by atoms with Crippen molar-refractivity contribution in [3.8, 4) is 16.9 Å². The lowest BCUT2D eigenvalue weighted by Crippen LogP contribution is -2.43. The first-order valence-corrected chi connectivity index (χ1v) is 21.0. The molecule has 0 spiro atoms. The monoisotopic (exact) mass is 732 g/mol. The Labute approximate surface area is 310 Å². The molecule has 0 saturated heterocycles. The zero-order valence-corrected chi connectivity index (χ0v) is 32.0. The summed E-state index contributed by atoms with van der Waals surface area (Å²) in [4.78, 5) is 31.1. The van der Waals surface area contributed by atoms with E-state index in [4.69, 9.17) is 13.8 Å². The van der Waals surface area contributed by atoms with E-state index >= 15 is 0 Å². The van der Waals surface area contributed by atoms with Gasteiger partial charge in [-0.25, -0.2) is 9.78 Å². The first kappa shape index (κ1) is 37.5. The van der Waals surface area contributed by atoms with E-state index in [1.807, 2.05) is 66.7 Å². The number of nitrogens with one attached hydrogen (secondary N) is 3. The minimum absolute atomic E-state index is 0.0155. The highest BCUT2D eigenvalue weighted by Gasteiger charge is 2.39. The number of nitrogens with zero attached hydrogens (tertiary/aromatic N) is 1. The van der Waals surface area contributed by atoms with Gasteiger partial charge in [0.2, 0.25) is 5.56 Å². The Morgan fingerprint density at radius 1 is 0.943 bits per heavy atom. The number of rotatable bonds is 14. The fourth-order valence-electron chi connectivity index (χ4n) is 6.31. The Kier molecular flexibility index (Phi) is 11.2. The van der Waals surface area contributed by atoms with Crippen molar-refractivity contribution >= 4 is 42.1 Å². The average molecular weight is 733 g/mol. The van der Waals surface area contributed by atoms with Crippen molar-refractivity contribution in [3.05, 3.63) is 124 Å². The molecule has 0 aliphatic rings. The third-order valence-corrected chi connectivity index (χ3v) is 14.7. The molecule has 11 heteroatoms. The van der Waals surface area contributed by atoms with E-state index in [1.165, 1.54) is 6.07 Å². The number of aromatic nitrogens is 2. The molecular weight excluding hydrogens is 685 g/mol. The number of phenols is 1. The minimum Gasteiger partial charge on any atom is -0.506 e. The van der Waals surface area contributed by atoms with E-state index in [-0.39, 0.29) is 22.5 Å². The number of pyridine rings is 1. The molecule has 0 fully saturated rings. The summed E-state index contributed by atoms with van der Waals surface area (Å²) in [5, 5.41) is 26.8. The predicted octanol–water partition coefficient (Wildman–Crippen LogP) is 9.55. The van der Waals surface area contributed by atoms with Gasteiger partial charge in [-0.2, -0.15) is 0 Å². The normalized spacial score (nSPS) is 12.7. The van der Waals surface area contributed by atoms with Crippen LogP contribution in [0.3, 0.4) is 0 Å². The average Bonchev–Trinajstić information content (AvgIpc) is 3.52. The number of benzene rings is 4. The highest BCUT2D eigenvalue weighted by molar-refractivity contribution is 6.74. The van der Waals surface area contributed by atoms with Crippen molar-refractivity contribution in [2.24, 2.45) is 0 Å². The summed E-state index contributed by atoms with van der Waals surface area (Å²) >= 11 is 0. The first-order valence-electron chi connectivity index (χ1n) is 18.1. The number of carboxylic acid groups (broad SMARTS) is 1. The SMILES string of the molecule is CC(C)(C)[Si](C)(C)OC(CNCc1ccc2nc(CCCCc3ccc(-c4ccccc4)c(NC(=O)O)c3)oc2c1)c1ccc(O)c2[nH]c(=O)ccc12. The predicted molar refractivity (Wildman–Crippen MR) is 213 cm³/mol. The summed E-state index contributed by atoms with van der Waals surface area (Å²) < 4.78 is 13.1. The van der Waals surface area contributed by atoms with Gasteiger partial charge in [0, 0.05) is 36.5 Å². The lowest BCUT2D eigenvalue weighted by molar-refractivity contribution is 0.181. The molecule has 0 bridgehead atoms. The molecule has 0 aliphatic carbocycles. The molecule has 0 saturated carbocycles. The van der Waals surface area contributed by atoms with E-state index in [1.54, 1.807) is 12.1 Å². The Morgan fingerprint density at radius 2 is 1.70 bits per heavy atom. The largest absolute Gasteiger partial charge is 0.506 e. The highest BCUT2D eigenvalue weighted by atomic mass is 28.4. The number of hydrogen-bond acceptors (Lipinski definition) is 7. The molecule has 2 aromatic heterocycles. The van der Waals surface area contributed by atoms with Gasteiger partial charge < -0.3 is 29.4 Å². The number of unbranched alkanes of at least 4 members (excludes halogenated alkanes) is 1. The molecule has 1 amide bonds. The third kappa shape index (κ3) is 9.05. The van der Waals surface area contributed by atoms with Crippen molar-refractivity contribution in [2.45, 2.75) is 77.2 Å². The van der Waals surface area contributed by atoms with Crippen molar-refractivity contribution in [1.82, 2.24) is 15.3 Å². The highest BCUT2D eigenvalue weighted by Crippen LogP contribution is 2.41. The lowest BCUT2D eigenvalue weighted by atomic mass is 9.99. The van der Waals surface area contributed by atoms with Crippen molar-refractivity contribution in [1.29, 1.82) is 0 Å². The van der Waals surface area contributed by atoms with Crippen LogP contribution in [-0.4, -0.2) is 41.1 Å². The maximum absolute atomic E-state index is 12.1. The molecule has 1 atom stereocenters. The Bertz CT molecular complexity index is 2280. The molecule has 10 nitrogen and oxygen atoms in total. The Hall–Kier alpha value is -5.23. The molecular formula is C42H48N4O6Si. The fraction of sp³-hybridized carbons (Fsp3) is 0.310. The van der Waals surface area contributed by atoms with Crippen LogP contribution in [0.5, 0.6) is 5.75 Å². The van der Waals surface area contributed by atoms with Crippen LogP contribution in [0.25, 0.3) is 33.1 Å². The van der Waals surface area contributed by atoms with Crippen molar-refractivity contribution in [2.75, 3.05) is 11.9 Å². The summed E-state index contributed by atoms with van der Waals surface area (Å²) in [7, 11) is -2.20. The number of fused-ring (bicyclic) bond motifs is 2. The van der Waals surface area contributed by atoms with E-state index in [9.17, 15) is 19.8 Å². The lowest BCUT2D eigenvalue weighted by Gasteiger charge is -2.39. The standard InChI is InChI=1S/C42H48N4O6Si/c1-42(2,3)53(4,5)52-37(31-18-21-35(47)40-32(31)19-22-38(48)46-40)26-43-25-28-16-20-33-36(24-28)51-39(44-33)14-10-9-11-27-15-17-30(29-12-7-6-8-13-29)34(23-27)45-41(49)50/h6-8,12-13,15-24,37,43,45,47H,9-11,14,25-26H2,1-5H3,(H,46,48)(H,49,50). The second kappa shape index (κ2) is 15.8. The van der Waals surface area contributed by atoms with Gasteiger partial charge in [-0.05, 0) is 90.0 Å². The summed E-state index contributed by atoms with van der Waals surface area (Å²) in [6.45, 7) is 12.2. The van der Waals surface area contributed by atoms with Gasteiger partial charge >= 0.3 is 6.09 Å². The molecule has 2 heterocycles. The summed E-state index contributed by atoms with van der Waals surface area (Å²) in [5.74, 6) is 0.719. The number of H-pyrrole nitrogens is 1. The van der Waals surface area contributed by atoms with E-state index in [0.717, 1.165) is 63.6 Å². The number of carbonyl (C=O) groups is 1. The zero-order valence-electron chi connectivity index (χ0n) is 31.0. The molecule has 276 valence electrons. The van der Waals surface area contributed by atoms with Crippen LogP contribution in [0.2, 0.25) is 18.1 Å². The van der Waals surface area contributed by atoms with Gasteiger partial charge in [0.05, 0.1) is 17.3 Å². The quantitative estimate of drug-likeness (QED) is 0.0549. The van der Waals surface area contributed by atoms with Crippen LogP contribution in [0, 0.1) is 0 Å². The van der Waals surface area contributed by atoms with Crippen LogP contribution >= 0.6 is 0 Å². The molecule has 0 radical (unpaired) electrons. The van der Waals surface area contributed by atoms with Crippen LogP contribution in [0.15, 0.2) is 100 Å². The first-order chi connectivity index (χ1) is 25.3. The molecule has 0 aliphatic heterocycles.